The summed E-state index contributed by atoms with van der Waals surface area (Å²) in [5.74, 6) is 1.62. The molecular weight excluding hydrogens is 272 g/mol. The highest BCUT2D eigenvalue weighted by atomic mass is 33.1. The average molecular weight is 301 g/mol. The summed E-state index contributed by atoms with van der Waals surface area (Å²) in [6.45, 7) is 13.6. The molecule has 0 heterocycles. The van der Waals surface area contributed by atoms with E-state index in [9.17, 15) is 0 Å². The van der Waals surface area contributed by atoms with Gasteiger partial charge in [-0.1, -0.05) is 84.7 Å². The van der Waals surface area contributed by atoms with Gasteiger partial charge in [0.25, 0.3) is 0 Å². The molecule has 0 aliphatic carbocycles. The van der Waals surface area contributed by atoms with E-state index >= 15 is 0 Å². The van der Waals surface area contributed by atoms with Crippen molar-refractivity contribution in [3.8, 4) is 0 Å². The maximum Gasteiger partial charge on any atom is 0.0146 e. The lowest BCUT2D eigenvalue weighted by Crippen LogP contribution is -2.02. The Balaban J connectivity index is 0. The molecule has 0 nitrogen and oxygen atoms in total. The lowest BCUT2D eigenvalue weighted by Gasteiger charge is -2.11. The van der Waals surface area contributed by atoms with Gasteiger partial charge in [0.05, 0.1) is 0 Å². The van der Waals surface area contributed by atoms with E-state index in [0.717, 1.165) is 22.3 Å². The highest BCUT2D eigenvalue weighted by molar-refractivity contribution is 8.77. The molecule has 0 aliphatic heterocycles. The standard InChI is InChI=1S/2C6H14S2/c2*1-5(2)6(3)8-7-4/h2*5-6H,1-4H3/t2*6-/m10/s1. The summed E-state index contributed by atoms with van der Waals surface area (Å²) in [6, 6.07) is 0. The Hall–Kier alpha value is 1.40. The predicted octanol–water partition coefficient (Wildman–Crippen LogP) is 6.08. The molecule has 0 fully saturated rings. The molecule has 0 N–H and O–H groups in total. The first-order valence-corrected chi connectivity index (χ1v) is 11.0. The van der Waals surface area contributed by atoms with Gasteiger partial charge in [0.15, 0.2) is 0 Å². The molecule has 0 radical (unpaired) electrons. The largest absolute Gasteiger partial charge is 0.0973 e. The molecular formula is C12H28S4. The van der Waals surface area contributed by atoms with Crippen LogP contribution in [0.3, 0.4) is 0 Å². The van der Waals surface area contributed by atoms with Crippen LogP contribution in [0.15, 0.2) is 0 Å². The van der Waals surface area contributed by atoms with Crippen molar-refractivity contribution in [2.24, 2.45) is 11.8 Å². The summed E-state index contributed by atoms with van der Waals surface area (Å²) < 4.78 is 0. The predicted molar refractivity (Wildman–Crippen MR) is 90.8 cm³/mol. The van der Waals surface area contributed by atoms with Crippen molar-refractivity contribution in [1.82, 2.24) is 0 Å². The zero-order valence-corrected chi connectivity index (χ0v) is 15.2. The first-order chi connectivity index (χ1) is 7.36. The number of hydrogen-bond donors (Lipinski definition) is 0. The highest BCUT2D eigenvalue weighted by Gasteiger charge is 2.05. The second kappa shape index (κ2) is 12.8. The second-order valence-electron chi connectivity index (χ2n) is 4.42. The second-order valence-corrected chi connectivity index (χ2v) is 10.1. The minimum Gasteiger partial charge on any atom is -0.0973 e. The SMILES string of the molecule is CSS[C@@H](C)C(C)C.CSS[C@H](C)C(C)C. The quantitative estimate of drug-likeness (QED) is 0.544. The molecule has 0 rings (SSSR count). The fourth-order valence-corrected chi connectivity index (χ4v) is 4.73. The van der Waals surface area contributed by atoms with Crippen LogP contribution in [0.5, 0.6) is 0 Å². The minimum atomic E-state index is 0.796. The van der Waals surface area contributed by atoms with E-state index in [1.807, 2.05) is 43.2 Å². The molecule has 0 aromatic rings. The van der Waals surface area contributed by atoms with Crippen LogP contribution in [-0.2, 0) is 0 Å². The molecule has 0 bridgehead atoms. The van der Waals surface area contributed by atoms with Crippen LogP contribution in [-0.4, -0.2) is 23.0 Å². The summed E-state index contributed by atoms with van der Waals surface area (Å²) in [7, 11) is 7.62. The van der Waals surface area contributed by atoms with E-state index in [4.69, 9.17) is 0 Å². The van der Waals surface area contributed by atoms with Crippen molar-refractivity contribution in [1.29, 1.82) is 0 Å². The van der Waals surface area contributed by atoms with Gasteiger partial charge in [-0.05, 0) is 24.3 Å². The third kappa shape index (κ3) is 13.5. The van der Waals surface area contributed by atoms with Gasteiger partial charge in [0.1, 0.15) is 0 Å². The summed E-state index contributed by atoms with van der Waals surface area (Å²) in [4.78, 5) is 0. The molecule has 16 heavy (non-hydrogen) atoms. The van der Waals surface area contributed by atoms with E-state index in [2.05, 4.69) is 54.1 Å². The molecule has 0 spiro atoms. The molecule has 100 valence electrons. The fraction of sp³-hybridized carbons (Fsp3) is 1.00. The highest BCUT2D eigenvalue weighted by Crippen LogP contribution is 2.28. The summed E-state index contributed by atoms with van der Waals surface area (Å²) >= 11 is 0. The van der Waals surface area contributed by atoms with Crippen LogP contribution in [0.2, 0.25) is 0 Å². The minimum absolute atomic E-state index is 0.796. The van der Waals surface area contributed by atoms with Crippen molar-refractivity contribution >= 4 is 43.2 Å². The number of rotatable bonds is 6. The van der Waals surface area contributed by atoms with Gasteiger partial charge in [-0.15, -0.1) is 0 Å². The Morgan fingerprint density at radius 3 is 0.875 bits per heavy atom. The van der Waals surface area contributed by atoms with Gasteiger partial charge in [-0.3, -0.25) is 0 Å². The van der Waals surface area contributed by atoms with E-state index in [-0.39, 0.29) is 0 Å². The number of hydrogen-bond acceptors (Lipinski definition) is 4. The molecule has 0 saturated heterocycles. The van der Waals surface area contributed by atoms with E-state index in [0.29, 0.717) is 0 Å². The van der Waals surface area contributed by atoms with Crippen LogP contribution in [0.1, 0.15) is 41.5 Å². The van der Waals surface area contributed by atoms with Gasteiger partial charge in [0.2, 0.25) is 0 Å². The van der Waals surface area contributed by atoms with Crippen LogP contribution in [0.4, 0.5) is 0 Å². The molecule has 0 saturated carbocycles. The van der Waals surface area contributed by atoms with Crippen molar-refractivity contribution in [3.05, 3.63) is 0 Å². The van der Waals surface area contributed by atoms with Gasteiger partial charge < -0.3 is 0 Å². The third-order valence-corrected chi connectivity index (χ3v) is 7.43. The maximum atomic E-state index is 2.27. The van der Waals surface area contributed by atoms with Gasteiger partial charge in [0, 0.05) is 10.5 Å². The Morgan fingerprint density at radius 1 is 0.562 bits per heavy atom. The van der Waals surface area contributed by atoms with E-state index < -0.39 is 0 Å². The molecule has 0 aromatic heterocycles. The maximum absolute atomic E-state index is 2.27. The Kier molecular flexibility index (Phi) is 15.8. The third-order valence-electron chi connectivity index (χ3n) is 2.37. The fourth-order valence-electron chi connectivity index (χ4n) is 0.526. The first kappa shape index (κ1) is 19.7. The summed E-state index contributed by atoms with van der Waals surface area (Å²) in [6.07, 6.45) is 4.26. The van der Waals surface area contributed by atoms with E-state index in [1.54, 1.807) is 0 Å². The Morgan fingerprint density at radius 2 is 0.812 bits per heavy atom. The van der Waals surface area contributed by atoms with Gasteiger partial charge in [-0.25, -0.2) is 0 Å². The van der Waals surface area contributed by atoms with Crippen molar-refractivity contribution in [2.75, 3.05) is 12.5 Å². The van der Waals surface area contributed by atoms with Gasteiger partial charge in [-0.2, -0.15) is 0 Å². The van der Waals surface area contributed by atoms with Crippen molar-refractivity contribution in [2.45, 2.75) is 52.0 Å². The zero-order chi connectivity index (χ0) is 13.1. The first-order valence-electron chi connectivity index (χ1n) is 5.75. The van der Waals surface area contributed by atoms with Crippen molar-refractivity contribution < 1.29 is 0 Å². The lowest BCUT2D eigenvalue weighted by molar-refractivity contribution is 0.645. The molecule has 0 unspecified atom stereocenters. The monoisotopic (exact) mass is 300 g/mol. The van der Waals surface area contributed by atoms with Gasteiger partial charge >= 0.3 is 0 Å². The van der Waals surface area contributed by atoms with Crippen LogP contribution in [0, 0.1) is 11.8 Å². The smallest absolute Gasteiger partial charge is 0.0146 e. The average Bonchev–Trinajstić information content (AvgIpc) is 2.19. The van der Waals surface area contributed by atoms with Crippen LogP contribution >= 0.6 is 43.2 Å². The van der Waals surface area contributed by atoms with Crippen LogP contribution in [0.25, 0.3) is 0 Å². The lowest BCUT2D eigenvalue weighted by atomic mass is 10.2. The molecule has 2 atom stereocenters. The Bertz CT molecular complexity index is 121. The van der Waals surface area contributed by atoms with Crippen molar-refractivity contribution in [3.63, 3.8) is 0 Å². The molecule has 0 amide bonds. The van der Waals surface area contributed by atoms with E-state index in [1.165, 1.54) is 0 Å². The Labute approximate surface area is 119 Å². The van der Waals surface area contributed by atoms with Crippen LogP contribution < -0.4 is 0 Å². The summed E-state index contributed by atoms with van der Waals surface area (Å²) in [5.41, 5.74) is 0. The zero-order valence-electron chi connectivity index (χ0n) is 11.9. The normalized spacial score (nSPS) is 14.6. The topological polar surface area (TPSA) is 0 Å². The summed E-state index contributed by atoms with van der Waals surface area (Å²) in [5, 5.41) is 1.59. The molecule has 4 heteroatoms. The molecule has 0 aliphatic rings. The molecule has 0 aromatic carbocycles.